The Balaban J connectivity index is 1.35. The predicted octanol–water partition coefficient (Wildman–Crippen LogP) is 1.21. The molecular weight excluding hydrogens is 402 g/mol. The summed E-state index contributed by atoms with van der Waals surface area (Å²) in [6.07, 6.45) is 2.80. The van der Waals surface area contributed by atoms with Crippen molar-refractivity contribution in [1.29, 1.82) is 0 Å². The summed E-state index contributed by atoms with van der Waals surface area (Å²) >= 11 is 0. The van der Waals surface area contributed by atoms with Crippen LogP contribution in [0.1, 0.15) is 50.5 Å². The van der Waals surface area contributed by atoms with E-state index in [0.29, 0.717) is 32.1 Å². The van der Waals surface area contributed by atoms with Crippen LogP contribution in [0.5, 0.6) is 0 Å². The molecule has 3 fully saturated rings. The molecule has 166 valence electrons. The topological polar surface area (TPSA) is 86.7 Å². The van der Waals surface area contributed by atoms with Crippen molar-refractivity contribution in [3.05, 3.63) is 17.6 Å². The van der Waals surface area contributed by atoms with Crippen LogP contribution in [0, 0.1) is 6.92 Å². The molecule has 0 spiro atoms. The molecule has 1 atom stereocenters. The van der Waals surface area contributed by atoms with Crippen molar-refractivity contribution in [2.24, 2.45) is 0 Å². The number of nitrogens with zero attached hydrogens (tertiary/aromatic N) is 5. The summed E-state index contributed by atoms with van der Waals surface area (Å²) in [5.74, 6) is 2.65. The highest BCUT2D eigenvalue weighted by Gasteiger charge is 2.41. The average molecular weight is 436 g/mol. The number of rotatable bonds is 6. The standard InChI is InChI=1S/C21H33N5O3S/c1-15(2)21-22-16(3)12-19(23-21)24-7-9-25(10-8-24)20(27)13-26(17-4-5-17)18-6-11-30(28,29)14-18/h12,15,17-18H,4-11,13-14H2,1-3H3. The molecule has 3 aliphatic rings. The summed E-state index contributed by atoms with van der Waals surface area (Å²) in [5, 5.41) is 0. The lowest BCUT2D eigenvalue weighted by molar-refractivity contribution is -0.133. The molecule has 2 saturated heterocycles. The van der Waals surface area contributed by atoms with Crippen molar-refractivity contribution in [3.8, 4) is 0 Å². The lowest BCUT2D eigenvalue weighted by Gasteiger charge is -2.37. The van der Waals surface area contributed by atoms with Gasteiger partial charge in [0.05, 0.1) is 18.1 Å². The minimum atomic E-state index is -2.94. The van der Waals surface area contributed by atoms with Crippen molar-refractivity contribution < 1.29 is 13.2 Å². The summed E-state index contributed by atoms with van der Waals surface area (Å²) in [6.45, 7) is 9.36. The van der Waals surface area contributed by atoms with Crippen LogP contribution < -0.4 is 4.90 Å². The number of carbonyl (C=O) groups is 1. The minimum absolute atomic E-state index is 0.00573. The predicted molar refractivity (Wildman–Crippen MR) is 116 cm³/mol. The first-order chi connectivity index (χ1) is 14.2. The van der Waals surface area contributed by atoms with E-state index in [2.05, 4.69) is 28.6 Å². The van der Waals surface area contributed by atoms with Gasteiger partial charge in [0.1, 0.15) is 11.6 Å². The van der Waals surface area contributed by atoms with Crippen molar-refractivity contribution in [2.45, 2.75) is 58.0 Å². The van der Waals surface area contributed by atoms with Crippen molar-refractivity contribution >= 4 is 21.6 Å². The first-order valence-corrected chi connectivity index (χ1v) is 12.9. The highest BCUT2D eigenvalue weighted by atomic mass is 32.2. The molecule has 0 N–H and O–H groups in total. The molecule has 1 saturated carbocycles. The molecule has 1 aromatic heterocycles. The van der Waals surface area contributed by atoms with Gasteiger partial charge in [0, 0.05) is 55.9 Å². The summed E-state index contributed by atoms with van der Waals surface area (Å²) in [6, 6.07) is 2.40. The van der Waals surface area contributed by atoms with E-state index in [1.54, 1.807) is 0 Å². The second-order valence-corrected chi connectivity index (χ2v) is 11.4. The molecule has 8 nitrogen and oxygen atoms in total. The van der Waals surface area contributed by atoms with E-state index < -0.39 is 9.84 Å². The number of sulfone groups is 1. The van der Waals surface area contributed by atoms with Crippen LogP contribution >= 0.6 is 0 Å². The number of aryl methyl sites for hydroxylation is 1. The smallest absolute Gasteiger partial charge is 0.236 e. The Bertz CT molecular complexity index is 892. The summed E-state index contributed by atoms with van der Waals surface area (Å²) in [7, 11) is -2.94. The fourth-order valence-corrected chi connectivity index (χ4v) is 6.18. The van der Waals surface area contributed by atoms with E-state index in [4.69, 9.17) is 4.98 Å². The SMILES string of the molecule is Cc1cc(N2CCN(C(=O)CN(C3CC3)C3CCS(=O)(=O)C3)CC2)nc(C(C)C)n1. The number of amides is 1. The number of aromatic nitrogens is 2. The number of anilines is 1. The highest BCUT2D eigenvalue weighted by Crippen LogP contribution is 2.32. The molecule has 1 unspecified atom stereocenters. The van der Waals surface area contributed by atoms with Gasteiger partial charge in [0.2, 0.25) is 5.91 Å². The van der Waals surface area contributed by atoms with E-state index in [1.807, 2.05) is 17.9 Å². The maximum atomic E-state index is 13.0. The van der Waals surface area contributed by atoms with Gasteiger partial charge in [-0.05, 0) is 26.2 Å². The van der Waals surface area contributed by atoms with E-state index in [0.717, 1.165) is 43.3 Å². The van der Waals surface area contributed by atoms with Gasteiger partial charge in [-0.1, -0.05) is 13.8 Å². The molecule has 1 aromatic rings. The average Bonchev–Trinajstić information content (AvgIpc) is 3.48. The lowest BCUT2D eigenvalue weighted by atomic mass is 10.2. The number of piperazine rings is 1. The van der Waals surface area contributed by atoms with E-state index >= 15 is 0 Å². The second-order valence-electron chi connectivity index (χ2n) is 9.21. The normalized spacial score (nSPS) is 24.1. The molecule has 4 rings (SSSR count). The van der Waals surface area contributed by atoms with Crippen LogP contribution in [-0.2, 0) is 14.6 Å². The molecule has 0 bridgehead atoms. The summed E-state index contributed by atoms with van der Waals surface area (Å²) in [5.41, 5.74) is 0.966. The molecule has 1 aliphatic carbocycles. The summed E-state index contributed by atoms with van der Waals surface area (Å²) < 4.78 is 23.8. The fraction of sp³-hybridized carbons (Fsp3) is 0.762. The van der Waals surface area contributed by atoms with Gasteiger partial charge in [-0.2, -0.15) is 0 Å². The van der Waals surface area contributed by atoms with Crippen LogP contribution in [0.3, 0.4) is 0 Å². The van der Waals surface area contributed by atoms with Gasteiger partial charge in [-0.25, -0.2) is 18.4 Å². The van der Waals surface area contributed by atoms with Crippen molar-refractivity contribution in [1.82, 2.24) is 19.8 Å². The van der Waals surface area contributed by atoms with Gasteiger partial charge in [-0.15, -0.1) is 0 Å². The Labute approximate surface area is 179 Å². The molecule has 2 aliphatic heterocycles. The van der Waals surface area contributed by atoms with Crippen LogP contribution in [0.25, 0.3) is 0 Å². The maximum Gasteiger partial charge on any atom is 0.236 e. The van der Waals surface area contributed by atoms with Gasteiger partial charge >= 0.3 is 0 Å². The van der Waals surface area contributed by atoms with Crippen LogP contribution in [-0.4, -0.2) is 90.4 Å². The molecule has 0 aromatic carbocycles. The van der Waals surface area contributed by atoms with E-state index in [-0.39, 0.29) is 29.4 Å². The first kappa shape index (κ1) is 21.5. The van der Waals surface area contributed by atoms with E-state index in [9.17, 15) is 13.2 Å². The van der Waals surface area contributed by atoms with Crippen molar-refractivity contribution in [2.75, 3.05) is 49.1 Å². The molecule has 9 heteroatoms. The first-order valence-electron chi connectivity index (χ1n) is 11.1. The Hall–Kier alpha value is -1.74. The molecular formula is C21H33N5O3S. The van der Waals surface area contributed by atoms with Gasteiger partial charge in [0.15, 0.2) is 9.84 Å². The molecule has 0 radical (unpaired) electrons. The Kier molecular flexibility index (Phi) is 6.03. The lowest BCUT2D eigenvalue weighted by Crippen LogP contribution is -2.53. The minimum Gasteiger partial charge on any atom is -0.353 e. The third kappa shape index (κ3) is 4.94. The number of carbonyl (C=O) groups excluding carboxylic acids is 1. The molecule has 30 heavy (non-hydrogen) atoms. The van der Waals surface area contributed by atoms with Crippen molar-refractivity contribution in [3.63, 3.8) is 0 Å². The zero-order valence-electron chi connectivity index (χ0n) is 18.2. The highest BCUT2D eigenvalue weighted by molar-refractivity contribution is 7.91. The third-order valence-electron chi connectivity index (χ3n) is 6.34. The summed E-state index contributed by atoms with van der Waals surface area (Å²) in [4.78, 5) is 28.6. The van der Waals surface area contributed by atoms with Crippen LogP contribution in [0.15, 0.2) is 6.07 Å². The third-order valence-corrected chi connectivity index (χ3v) is 8.09. The van der Waals surface area contributed by atoms with Crippen LogP contribution in [0.2, 0.25) is 0 Å². The quantitative estimate of drug-likeness (QED) is 0.664. The van der Waals surface area contributed by atoms with Gasteiger partial charge in [0.25, 0.3) is 0 Å². The Morgan fingerprint density at radius 3 is 2.40 bits per heavy atom. The maximum absolute atomic E-state index is 13.0. The number of hydrogen-bond acceptors (Lipinski definition) is 7. The monoisotopic (exact) mass is 435 g/mol. The zero-order valence-corrected chi connectivity index (χ0v) is 19.1. The van der Waals surface area contributed by atoms with Gasteiger partial charge in [-0.3, -0.25) is 9.69 Å². The number of hydrogen-bond donors (Lipinski definition) is 0. The fourth-order valence-electron chi connectivity index (χ4n) is 4.44. The Morgan fingerprint density at radius 2 is 1.83 bits per heavy atom. The second kappa shape index (κ2) is 8.42. The largest absolute Gasteiger partial charge is 0.353 e. The Morgan fingerprint density at radius 1 is 1.13 bits per heavy atom. The molecule has 3 heterocycles. The molecule has 1 amide bonds. The van der Waals surface area contributed by atoms with E-state index in [1.165, 1.54) is 0 Å². The zero-order chi connectivity index (χ0) is 21.5. The van der Waals surface area contributed by atoms with Crippen LogP contribution in [0.4, 0.5) is 5.82 Å². The van der Waals surface area contributed by atoms with Gasteiger partial charge < -0.3 is 9.80 Å².